The number of nitrogens with one attached hydrogen (secondary N) is 4. The maximum absolute atomic E-state index is 14.8. The average Bonchev–Trinajstić information content (AvgIpc) is 4.15. The molecule has 0 bridgehead atoms. The van der Waals surface area contributed by atoms with Crippen LogP contribution in [0.25, 0.3) is 22.3 Å². The highest BCUT2D eigenvalue weighted by Crippen LogP contribution is 2.51. The van der Waals surface area contributed by atoms with Crippen LogP contribution in [0.2, 0.25) is 0 Å². The molecule has 5 fully saturated rings. The number of rotatable bonds is 14. The summed E-state index contributed by atoms with van der Waals surface area (Å²) in [5.41, 5.74) is 6.19. The number of terminal acetylenes is 1. The van der Waals surface area contributed by atoms with E-state index in [4.69, 9.17) is 16.4 Å². The van der Waals surface area contributed by atoms with E-state index in [2.05, 4.69) is 58.7 Å². The highest BCUT2D eigenvalue weighted by molar-refractivity contribution is 5.93. The van der Waals surface area contributed by atoms with Crippen LogP contribution >= 0.6 is 0 Å². The van der Waals surface area contributed by atoms with Crippen LogP contribution in [0.15, 0.2) is 67.0 Å². The van der Waals surface area contributed by atoms with Gasteiger partial charge in [-0.3, -0.25) is 19.3 Å². The molecular formula is C58H71N13O7. The fraction of sp³-hybridized carbons (Fsp3) is 0.517. The molecule has 1 spiro atoms. The molecule has 6 aliphatic rings. The Balaban J connectivity index is 0.684. The number of para-hydroxylation sites is 1. The van der Waals surface area contributed by atoms with E-state index in [0.29, 0.717) is 74.9 Å². The molecule has 5 aromatic rings. The number of fused-ring (bicyclic) bond motifs is 3. The van der Waals surface area contributed by atoms with Gasteiger partial charge < -0.3 is 55.9 Å². The Morgan fingerprint density at radius 2 is 1.72 bits per heavy atom. The number of H-pyrrole nitrogens is 1. The Morgan fingerprint density at radius 1 is 0.974 bits per heavy atom. The van der Waals surface area contributed by atoms with Crippen LogP contribution < -0.4 is 20.9 Å². The van der Waals surface area contributed by atoms with E-state index in [1.807, 2.05) is 56.6 Å². The first-order valence-corrected chi connectivity index (χ1v) is 27.6. The molecule has 20 nitrogen and oxygen atoms in total. The third-order valence-corrected chi connectivity index (χ3v) is 17.8. The lowest BCUT2D eigenvalue weighted by molar-refractivity contribution is -0.142. The number of nitrogens with zero attached hydrogens (tertiary/aromatic N) is 9. The summed E-state index contributed by atoms with van der Waals surface area (Å²) < 4.78 is 0. The van der Waals surface area contributed by atoms with Gasteiger partial charge in [0, 0.05) is 117 Å². The number of anilines is 1. The minimum absolute atomic E-state index is 0.00828. The predicted octanol–water partition coefficient (Wildman–Crippen LogP) is 4.00. The Kier molecular flexibility index (Phi) is 14.6. The summed E-state index contributed by atoms with van der Waals surface area (Å²) in [7, 11) is 0. The first-order valence-electron chi connectivity index (χ1n) is 27.6. The second-order valence-corrected chi connectivity index (χ2v) is 23.4. The number of piperidine rings is 1. The topological polar surface area (TPSA) is 249 Å². The summed E-state index contributed by atoms with van der Waals surface area (Å²) in [6.07, 6.45) is 13.9. The van der Waals surface area contributed by atoms with Crippen molar-refractivity contribution in [2.75, 3.05) is 70.3 Å². The Morgan fingerprint density at radius 3 is 2.44 bits per heavy atom. The second-order valence-electron chi connectivity index (χ2n) is 23.4. The lowest BCUT2D eigenvalue weighted by Gasteiger charge is -2.61. The molecule has 20 heteroatoms. The average molecular weight is 1060 g/mol. The number of aliphatic hydroxyl groups excluding tert-OH is 1. The number of carboxylic acid groups (broad SMARTS) is 1. The predicted molar refractivity (Wildman–Crippen MR) is 292 cm³/mol. The first kappa shape index (κ1) is 52.9. The fourth-order valence-corrected chi connectivity index (χ4v) is 13.1. The number of aliphatic hydroxyl groups is 1. The summed E-state index contributed by atoms with van der Waals surface area (Å²) in [6.45, 7) is 12.1. The van der Waals surface area contributed by atoms with Crippen molar-refractivity contribution in [2.45, 2.75) is 114 Å². The van der Waals surface area contributed by atoms with Crippen LogP contribution in [0, 0.1) is 23.2 Å². The van der Waals surface area contributed by atoms with Crippen molar-refractivity contribution >= 4 is 40.8 Å². The van der Waals surface area contributed by atoms with Crippen molar-refractivity contribution in [1.82, 2.24) is 60.7 Å². The molecule has 0 radical (unpaired) electrons. The van der Waals surface area contributed by atoms with Crippen molar-refractivity contribution in [3.63, 3.8) is 0 Å². The van der Waals surface area contributed by atoms with E-state index in [1.54, 1.807) is 29.2 Å². The maximum Gasteiger partial charge on any atom is 0.322 e. The van der Waals surface area contributed by atoms with Crippen molar-refractivity contribution in [3.05, 3.63) is 94.9 Å². The largest absolute Gasteiger partial charge is 0.507 e. The smallest absolute Gasteiger partial charge is 0.322 e. The molecule has 4 amide bonds. The standard InChI is InChI=1S/C58H71N13O7/c1-5-36-10-12-37(13-11-36)28-60-52(74)47-24-41(72)31-71(47)53(75)50(57(3,4)17-22-67-23-18-59-46(32-67)54(76)77)64-56(78)69-33-58(34-69)26-40(27-58)68-19-14-38(15-20-68)39-29-61-55(62-30-39)70-21-16-44-49(35(70)2)43-25-45(65-66-51(43)63-44)42-8-6-7-9-48(42)73/h1,6-13,25,29-30,35,38,40-41,46-47,50,59,72-73H,14-24,26-28,31-34H2,2-4H3,(H,60,74)(H,63,66)(H,64,78)(H,76,77)/t35-,41-,46-,47+,50-/m1/s1. The molecule has 3 aromatic heterocycles. The van der Waals surface area contributed by atoms with Gasteiger partial charge in [-0.1, -0.05) is 44.0 Å². The summed E-state index contributed by atoms with van der Waals surface area (Å²) in [5, 5.41) is 50.1. The van der Waals surface area contributed by atoms with Gasteiger partial charge in [-0.15, -0.1) is 16.6 Å². The van der Waals surface area contributed by atoms with E-state index in [-0.39, 0.29) is 42.7 Å². The van der Waals surface area contributed by atoms with Crippen LogP contribution in [0.1, 0.15) is 99.2 Å². The maximum atomic E-state index is 14.8. The van der Waals surface area contributed by atoms with Gasteiger partial charge in [-0.2, -0.15) is 0 Å². The zero-order valence-electron chi connectivity index (χ0n) is 44.7. The number of carboxylic acids is 1. The number of phenolic OH excluding ortho intramolecular Hbond substituents is 1. The Hall–Kier alpha value is -7.18. The van der Waals surface area contributed by atoms with E-state index >= 15 is 0 Å². The number of aromatic nitrogens is 5. The summed E-state index contributed by atoms with van der Waals surface area (Å²) in [5.74, 6) is 2.06. The molecule has 4 saturated heterocycles. The molecule has 78 heavy (non-hydrogen) atoms. The van der Waals surface area contributed by atoms with Crippen LogP contribution in [0.4, 0.5) is 10.7 Å². The molecule has 5 atom stereocenters. The van der Waals surface area contributed by atoms with Crippen molar-refractivity contribution < 1.29 is 34.5 Å². The van der Waals surface area contributed by atoms with E-state index in [1.165, 1.54) is 4.90 Å². The molecule has 1 saturated carbocycles. The van der Waals surface area contributed by atoms with E-state index in [0.717, 1.165) is 90.7 Å². The number of aliphatic carboxylic acids is 1. The van der Waals surface area contributed by atoms with Crippen molar-refractivity contribution in [1.29, 1.82) is 0 Å². The molecule has 5 aliphatic heterocycles. The normalized spacial score (nSPS) is 23.3. The quantitative estimate of drug-likeness (QED) is 0.0777. The van der Waals surface area contributed by atoms with Crippen LogP contribution in [-0.4, -0.2) is 180 Å². The molecule has 7 N–H and O–H groups in total. The molecule has 1 aliphatic carbocycles. The lowest BCUT2D eigenvalue weighted by atomic mass is 9.60. The molecule has 8 heterocycles. The summed E-state index contributed by atoms with van der Waals surface area (Å²) in [6, 6.07) is 13.9. The van der Waals surface area contributed by atoms with Crippen LogP contribution in [0.3, 0.4) is 0 Å². The van der Waals surface area contributed by atoms with Crippen molar-refractivity contribution in [2.24, 2.45) is 10.8 Å². The number of aromatic amines is 1. The number of β-amino-alcohol motifs (C(OH)–C–C–N with tert-alkyl or cyclic N) is 1. The molecule has 2 aromatic carbocycles. The Labute approximate surface area is 454 Å². The zero-order chi connectivity index (χ0) is 54.5. The number of hydrogen-bond donors (Lipinski definition) is 7. The van der Waals surface area contributed by atoms with Crippen molar-refractivity contribution in [3.8, 4) is 29.4 Å². The van der Waals surface area contributed by atoms with E-state index in [9.17, 15) is 34.5 Å². The van der Waals surface area contributed by atoms with Gasteiger partial charge in [-0.25, -0.2) is 14.8 Å². The number of carbonyl (C=O) groups is 4. The number of phenols is 1. The zero-order valence-corrected chi connectivity index (χ0v) is 44.7. The highest BCUT2D eigenvalue weighted by Gasteiger charge is 2.56. The van der Waals surface area contributed by atoms with Gasteiger partial charge in [0.15, 0.2) is 5.65 Å². The van der Waals surface area contributed by atoms with Gasteiger partial charge in [0.1, 0.15) is 23.9 Å². The third-order valence-electron chi connectivity index (χ3n) is 17.8. The minimum atomic E-state index is -1.03. The lowest BCUT2D eigenvalue weighted by Crippen LogP contribution is -2.70. The van der Waals surface area contributed by atoms with Gasteiger partial charge >= 0.3 is 12.0 Å². The molecule has 11 rings (SSSR count). The van der Waals surface area contributed by atoms with E-state index < -0.39 is 47.4 Å². The number of piperazine rings is 1. The SMILES string of the molecule is C#Cc1ccc(CNC(=O)[C@@H]2C[C@@H](O)CN2C(=O)[C@@H](NC(=O)N2CC3(CC(N4CCC(c5cnc(N6CCc7[nH]c8nnc(-c9ccccc9O)cc8c7[C@H]6C)nc5)CC4)C3)C2)C(C)(C)CCN2CCN[C@@H](C(=O)O)C2)cc1. The highest BCUT2D eigenvalue weighted by atomic mass is 16.4. The molecular weight excluding hydrogens is 991 g/mol. The first-order chi connectivity index (χ1) is 37.5. The number of amides is 4. The number of benzene rings is 2. The van der Waals surface area contributed by atoms with Gasteiger partial charge in [0.25, 0.3) is 0 Å². The number of carbonyl (C=O) groups excluding carboxylic acids is 3. The van der Waals surface area contributed by atoms with Crippen LogP contribution in [0.5, 0.6) is 5.75 Å². The van der Waals surface area contributed by atoms with Gasteiger partial charge in [-0.05, 0) is 111 Å². The number of hydrogen-bond acceptors (Lipinski definition) is 14. The summed E-state index contributed by atoms with van der Waals surface area (Å²) in [4.78, 5) is 78.1. The molecule has 0 unspecified atom stereocenters. The van der Waals surface area contributed by atoms with Gasteiger partial charge in [0.2, 0.25) is 17.8 Å². The third kappa shape index (κ3) is 10.6. The Bertz CT molecular complexity index is 3080. The van der Waals surface area contributed by atoms with Crippen LogP contribution in [-0.2, 0) is 27.3 Å². The monoisotopic (exact) mass is 1060 g/mol. The second kappa shape index (κ2) is 21.6. The number of aromatic hydroxyl groups is 1. The number of likely N-dealkylation sites (tertiary alicyclic amines) is 3. The molecule has 410 valence electrons. The summed E-state index contributed by atoms with van der Waals surface area (Å²) >= 11 is 0. The number of urea groups is 1. The van der Waals surface area contributed by atoms with Gasteiger partial charge in [0.05, 0.1) is 17.8 Å². The minimum Gasteiger partial charge on any atom is -0.507 e. The fourth-order valence-electron chi connectivity index (χ4n) is 13.1.